The van der Waals surface area contributed by atoms with Gasteiger partial charge in [-0.1, -0.05) is 0 Å². The fourth-order valence-corrected chi connectivity index (χ4v) is 4.13. The van der Waals surface area contributed by atoms with Crippen molar-refractivity contribution in [1.29, 1.82) is 5.26 Å². The molecular formula is C21H28N8O. The molecule has 2 aromatic heterocycles. The molecule has 4 rings (SSSR count). The molecule has 1 aliphatic carbocycles. The van der Waals surface area contributed by atoms with Crippen molar-refractivity contribution in [3.05, 3.63) is 18.0 Å². The molecule has 0 spiro atoms. The van der Waals surface area contributed by atoms with Crippen LogP contribution in [0.3, 0.4) is 0 Å². The van der Waals surface area contributed by atoms with Gasteiger partial charge in [0.2, 0.25) is 11.9 Å². The summed E-state index contributed by atoms with van der Waals surface area (Å²) in [7, 11) is 0. The first kappa shape index (κ1) is 20.3. The first-order valence-electron chi connectivity index (χ1n) is 10.5. The number of pyridine rings is 1. The monoisotopic (exact) mass is 408 g/mol. The maximum atomic E-state index is 11.5. The molecule has 1 amide bonds. The summed E-state index contributed by atoms with van der Waals surface area (Å²) in [5.74, 6) is 1.36. The quantitative estimate of drug-likeness (QED) is 0.771. The molecule has 0 aromatic carbocycles. The van der Waals surface area contributed by atoms with Crippen molar-refractivity contribution in [2.45, 2.75) is 51.7 Å². The molecule has 158 valence electrons. The maximum absolute atomic E-state index is 11.5. The molecule has 2 aromatic rings. The van der Waals surface area contributed by atoms with Gasteiger partial charge in [0, 0.05) is 62.8 Å². The van der Waals surface area contributed by atoms with Crippen LogP contribution in [-0.2, 0) is 4.79 Å². The Kier molecular flexibility index (Phi) is 5.68. The Morgan fingerprint density at radius 2 is 1.97 bits per heavy atom. The second-order valence-electron chi connectivity index (χ2n) is 8.41. The van der Waals surface area contributed by atoms with E-state index in [1.54, 1.807) is 19.2 Å². The zero-order chi connectivity index (χ0) is 21.3. The molecule has 1 aliphatic heterocycles. The predicted octanol–water partition coefficient (Wildman–Crippen LogP) is 1.82. The van der Waals surface area contributed by atoms with E-state index in [4.69, 9.17) is 0 Å². The number of amides is 1. The van der Waals surface area contributed by atoms with E-state index in [2.05, 4.69) is 36.6 Å². The molecule has 0 radical (unpaired) electrons. The van der Waals surface area contributed by atoms with Gasteiger partial charge in [-0.25, -0.2) is 15.0 Å². The van der Waals surface area contributed by atoms with Crippen LogP contribution in [0.15, 0.2) is 12.3 Å². The number of aromatic nitrogens is 3. The summed E-state index contributed by atoms with van der Waals surface area (Å²) in [6, 6.07) is 4.87. The van der Waals surface area contributed by atoms with Crippen molar-refractivity contribution in [2.75, 3.05) is 36.8 Å². The van der Waals surface area contributed by atoms with Crippen molar-refractivity contribution >= 4 is 28.6 Å². The number of carbonyl (C=O) groups excluding carboxylic acids is 1. The van der Waals surface area contributed by atoms with Gasteiger partial charge in [0.15, 0.2) is 5.82 Å². The summed E-state index contributed by atoms with van der Waals surface area (Å²) in [5.41, 5.74) is 1.07. The van der Waals surface area contributed by atoms with Gasteiger partial charge in [-0.2, -0.15) is 5.26 Å². The van der Waals surface area contributed by atoms with Crippen molar-refractivity contribution in [1.82, 2.24) is 24.8 Å². The Morgan fingerprint density at radius 1 is 1.23 bits per heavy atom. The van der Waals surface area contributed by atoms with Gasteiger partial charge in [0.05, 0.1) is 0 Å². The number of anilines is 2. The predicted molar refractivity (Wildman–Crippen MR) is 115 cm³/mol. The summed E-state index contributed by atoms with van der Waals surface area (Å²) >= 11 is 0. The molecule has 2 N–H and O–H groups in total. The molecular weight excluding hydrogens is 380 g/mol. The molecule has 2 fully saturated rings. The number of hydrogen-bond acceptors (Lipinski definition) is 8. The number of nitriles is 1. The minimum absolute atomic E-state index is 0.166. The van der Waals surface area contributed by atoms with Crippen LogP contribution in [0.5, 0.6) is 0 Å². The number of carbonyl (C=O) groups is 1. The summed E-state index contributed by atoms with van der Waals surface area (Å²) in [6.45, 7) is 9.22. The summed E-state index contributed by atoms with van der Waals surface area (Å²) in [4.78, 5) is 29.4. The second-order valence-corrected chi connectivity index (χ2v) is 8.41. The van der Waals surface area contributed by atoms with E-state index in [-0.39, 0.29) is 11.9 Å². The molecule has 1 saturated carbocycles. The average Bonchev–Trinajstić information content (AvgIpc) is 2.70. The van der Waals surface area contributed by atoms with Crippen LogP contribution in [0.2, 0.25) is 0 Å². The van der Waals surface area contributed by atoms with Gasteiger partial charge in [0.25, 0.3) is 0 Å². The van der Waals surface area contributed by atoms with Crippen LogP contribution in [0.25, 0.3) is 10.9 Å². The summed E-state index contributed by atoms with van der Waals surface area (Å²) in [6.07, 6.45) is 3.84. The number of fused-ring (bicyclic) bond motifs is 1. The van der Waals surface area contributed by atoms with Gasteiger partial charge in [-0.3, -0.25) is 9.69 Å². The zero-order valence-corrected chi connectivity index (χ0v) is 17.7. The highest BCUT2D eigenvalue weighted by molar-refractivity contribution is 5.89. The highest BCUT2D eigenvalue weighted by atomic mass is 16.2. The standard InChI is InChI=1S/C21H28N8O/c1-13(2)24-20-19-15(8-17(11-22)25-20)12-23-21(27-19)26-16-9-18(10-16)29-6-4-28(5-7-29)14(3)30/h8,12-13,16,18H,4-7,9-10H2,1-3H3,(H,24,25)(H,23,26,27). The third-order valence-electron chi connectivity index (χ3n) is 5.83. The molecule has 0 unspecified atom stereocenters. The Hall–Kier alpha value is -2.99. The first-order chi connectivity index (χ1) is 14.4. The fraction of sp³-hybridized carbons (Fsp3) is 0.571. The average molecular weight is 409 g/mol. The Bertz CT molecular complexity index is 971. The van der Waals surface area contributed by atoms with Gasteiger partial charge >= 0.3 is 0 Å². The van der Waals surface area contributed by atoms with Crippen molar-refractivity contribution in [2.24, 2.45) is 0 Å². The topological polar surface area (TPSA) is 110 Å². The van der Waals surface area contributed by atoms with Crippen LogP contribution >= 0.6 is 0 Å². The van der Waals surface area contributed by atoms with Crippen LogP contribution in [0.4, 0.5) is 11.8 Å². The molecule has 9 heteroatoms. The van der Waals surface area contributed by atoms with Crippen LogP contribution in [0, 0.1) is 11.3 Å². The summed E-state index contributed by atoms with van der Waals surface area (Å²) in [5, 5.41) is 16.7. The van der Waals surface area contributed by atoms with Gasteiger partial charge in [-0.15, -0.1) is 0 Å². The van der Waals surface area contributed by atoms with E-state index in [9.17, 15) is 10.1 Å². The molecule has 0 atom stereocenters. The fourth-order valence-electron chi connectivity index (χ4n) is 4.13. The molecule has 2 aliphatic rings. The minimum Gasteiger partial charge on any atom is -0.366 e. The lowest BCUT2D eigenvalue weighted by Crippen LogP contribution is -2.57. The van der Waals surface area contributed by atoms with E-state index >= 15 is 0 Å². The van der Waals surface area contributed by atoms with Crippen molar-refractivity contribution in [3.63, 3.8) is 0 Å². The lowest BCUT2D eigenvalue weighted by molar-refractivity contribution is -0.131. The Morgan fingerprint density at radius 3 is 2.60 bits per heavy atom. The maximum Gasteiger partial charge on any atom is 0.223 e. The van der Waals surface area contributed by atoms with E-state index in [0.29, 0.717) is 29.5 Å². The molecule has 3 heterocycles. The number of piperazine rings is 1. The van der Waals surface area contributed by atoms with E-state index < -0.39 is 0 Å². The smallest absolute Gasteiger partial charge is 0.223 e. The van der Waals surface area contributed by atoms with E-state index in [0.717, 1.165) is 49.9 Å². The van der Waals surface area contributed by atoms with Crippen LogP contribution < -0.4 is 10.6 Å². The molecule has 30 heavy (non-hydrogen) atoms. The summed E-state index contributed by atoms with van der Waals surface area (Å²) < 4.78 is 0. The molecule has 0 bridgehead atoms. The van der Waals surface area contributed by atoms with Crippen molar-refractivity contribution in [3.8, 4) is 6.07 Å². The highest BCUT2D eigenvalue weighted by Gasteiger charge is 2.35. The number of nitrogens with zero attached hydrogens (tertiary/aromatic N) is 6. The second kappa shape index (κ2) is 8.40. The molecule has 1 saturated heterocycles. The highest BCUT2D eigenvalue weighted by Crippen LogP contribution is 2.29. The Labute approximate surface area is 176 Å². The number of hydrogen-bond donors (Lipinski definition) is 2. The van der Waals surface area contributed by atoms with Gasteiger partial charge in [-0.05, 0) is 32.8 Å². The zero-order valence-electron chi connectivity index (χ0n) is 17.7. The van der Waals surface area contributed by atoms with Gasteiger partial charge < -0.3 is 15.5 Å². The van der Waals surface area contributed by atoms with Crippen molar-refractivity contribution < 1.29 is 4.79 Å². The number of rotatable bonds is 5. The lowest BCUT2D eigenvalue weighted by Gasteiger charge is -2.46. The van der Waals surface area contributed by atoms with Crippen LogP contribution in [-0.4, -0.2) is 75.0 Å². The van der Waals surface area contributed by atoms with E-state index in [1.807, 2.05) is 18.7 Å². The SMILES string of the molecule is CC(=O)N1CCN(C2CC(Nc3ncc4cc(C#N)nc(NC(C)C)c4n3)C2)CC1. The van der Waals surface area contributed by atoms with Crippen LogP contribution in [0.1, 0.15) is 39.3 Å². The third kappa shape index (κ3) is 4.28. The Balaban J connectivity index is 1.39. The largest absolute Gasteiger partial charge is 0.366 e. The lowest BCUT2D eigenvalue weighted by atomic mass is 9.85. The first-order valence-corrected chi connectivity index (χ1v) is 10.5. The third-order valence-corrected chi connectivity index (χ3v) is 5.83. The normalized spacial score (nSPS) is 21.9. The number of nitrogens with one attached hydrogen (secondary N) is 2. The van der Waals surface area contributed by atoms with E-state index in [1.165, 1.54) is 0 Å². The molecule has 9 nitrogen and oxygen atoms in total. The van der Waals surface area contributed by atoms with Gasteiger partial charge in [0.1, 0.15) is 17.3 Å². The minimum atomic E-state index is 0.166.